The molecule has 0 saturated carbocycles. The lowest BCUT2D eigenvalue weighted by Crippen LogP contribution is -2.36. The average molecular weight is 803 g/mol. The fourth-order valence-corrected chi connectivity index (χ4v) is 4.26. The van der Waals surface area contributed by atoms with E-state index in [2.05, 4.69) is 89.3 Å². The molecule has 0 saturated heterocycles. The van der Waals surface area contributed by atoms with Crippen molar-refractivity contribution in [3.8, 4) is 0 Å². The smallest absolute Gasteiger partial charge is 0.0558 e. The SMILES string of the molecule is CCN.CCN(C(C)C)C(C)C.CCN(CC)CC.CCNCC.CN(C)C.CN(C)c1ccncc1.N.NCc1ccccc1.OCCN(CCO)CCO. The van der Waals surface area contributed by atoms with Crippen LogP contribution in [0.25, 0.3) is 0 Å². The zero-order valence-electron chi connectivity index (χ0n) is 39.6. The molecule has 338 valence electrons. The normalized spacial score (nSPS) is 9.62. The quantitative estimate of drug-likeness (QED) is 0.121. The van der Waals surface area contributed by atoms with Crippen molar-refractivity contribution in [2.45, 2.75) is 94.8 Å². The minimum Gasteiger partial charge on any atom is -0.395 e. The second kappa shape index (κ2) is 57.1. The van der Waals surface area contributed by atoms with E-state index < -0.39 is 0 Å². The molecule has 0 spiro atoms. The summed E-state index contributed by atoms with van der Waals surface area (Å²) in [4.78, 5) is 14.6. The van der Waals surface area contributed by atoms with Crippen molar-refractivity contribution in [1.82, 2.24) is 36.1 Å². The maximum atomic E-state index is 8.48. The Bertz CT molecular complexity index is 864. The summed E-state index contributed by atoms with van der Waals surface area (Å²) in [6.07, 6.45) is 3.57. The minimum absolute atomic E-state index is 0. The fraction of sp³-hybridized carbons (Fsp3) is 0.744. The number of nitrogens with one attached hydrogen (secondary N) is 1. The van der Waals surface area contributed by atoms with Crippen molar-refractivity contribution < 1.29 is 15.3 Å². The van der Waals surface area contributed by atoms with Crippen LogP contribution < -0.4 is 27.8 Å². The molecule has 0 amide bonds. The summed E-state index contributed by atoms with van der Waals surface area (Å²) in [5, 5.41) is 28.6. The maximum Gasteiger partial charge on any atom is 0.0558 e. The van der Waals surface area contributed by atoms with Gasteiger partial charge in [0.1, 0.15) is 0 Å². The number of anilines is 1. The van der Waals surface area contributed by atoms with Gasteiger partial charge in [-0.1, -0.05) is 78.8 Å². The van der Waals surface area contributed by atoms with Crippen molar-refractivity contribution in [3.05, 3.63) is 60.4 Å². The van der Waals surface area contributed by atoms with Crippen molar-refractivity contribution in [2.75, 3.05) is 125 Å². The topological polar surface area (TPSA) is 189 Å². The van der Waals surface area contributed by atoms with Crippen molar-refractivity contribution in [2.24, 2.45) is 11.5 Å². The van der Waals surface area contributed by atoms with Crippen LogP contribution in [-0.2, 0) is 6.54 Å². The molecule has 0 aliphatic heterocycles. The molecule has 0 aliphatic rings. The van der Waals surface area contributed by atoms with E-state index in [9.17, 15) is 0 Å². The third-order valence-electron chi connectivity index (χ3n) is 7.04. The highest BCUT2D eigenvalue weighted by Crippen LogP contribution is 2.05. The summed E-state index contributed by atoms with van der Waals surface area (Å²) in [5.74, 6) is 0. The molecule has 13 heteroatoms. The summed E-state index contributed by atoms with van der Waals surface area (Å²) in [6, 6.07) is 15.3. The van der Waals surface area contributed by atoms with Crippen LogP contribution in [-0.4, -0.2) is 172 Å². The van der Waals surface area contributed by atoms with Crippen molar-refractivity contribution in [1.29, 1.82) is 0 Å². The third kappa shape index (κ3) is 61.0. The van der Waals surface area contributed by atoms with Crippen LogP contribution >= 0.6 is 0 Å². The lowest BCUT2D eigenvalue weighted by molar-refractivity contribution is 0.136. The maximum absolute atomic E-state index is 8.48. The molecule has 0 atom stereocenters. The second-order valence-electron chi connectivity index (χ2n) is 13.1. The van der Waals surface area contributed by atoms with E-state index in [-0.39, 0.29) is 26.0 Å². The van der Waals surface area contributed by atoms with Crippen LogP contribution in [0.5, 0.6) is 0 Å². The molecule has 1 aromatic heterocycles. The van der Waals surface area contributed by atoms with E-state index >= 15 is 0 Å². The number of aromatic nitrogens is 1. The molecule has 2 aromatic rings. The number of aliphatic hydroxyl groups is 3. The van der Waals surface area contributed by atoms with Crippen LogP contribution in [0, 0.1) is 0 Å². The van der Waals surface area contributed by atoms with Gasteiger partial charge in [0, 0.05) is 70.4 Å². The summed E-state index contributed by atoms with van der Waals surface area (Å²) in [7, 11) is 10.0. The molecule has 13 nitrogen and oxygen atoms in total. The lowest BCUT2D eigenvalue weighted by atomic mass is 10.2. The van der Waals surface area contributed by atoms with E-state index in [1.54, 1.807) is 17.3 Å². The van der Waals surface area contributed by atoms with Gasteiger partial charge in [-0.3, -0.25) is 14.8 Å². The molecule has 56 heavy (non-hydrogen) atoms. The van der Waals surface area contributed by atoms with Crippen LogP contribution in [0.15, 0.2) is 54.9 Å². The Balaban J connectivity index is -0.0000001000. The Morgan fingerprint density at radius 1 is 0.607 bits per heavy atom. The van der Waals surface area contributed by atoms with Gasteiger partial charge in [-0.2, -0.15) is 0 Å². The summed E-state index contributed by atoms with van der Waals surface area (Å²) >= 11 is 0. The Hall–Kier alpha value is -2.27. The van der Waals surface area contributed by atoms with Crippen LogP contribution in [0.1, 0.15) is 81.7 Å². The minimum atomic E-state index is 0. The highest BCUT2D eigenvalue weighted by atomic mass is 16.3. The molecule has 0 aliphatic carbocycles. The number of pyridine rings is 1. The van der Waals surface area contributed by atoms with E-state index in [0.29, 0.717) is 38.3 Å². The highest BCUT2D eigenvalue weighted by molar-refractivity contribution is 5.42. The number of nitrogens with zero attached hydrogens (tertiary/aromatic N) is 6. The Kier molecular flexibility index (Phi) is 69.7. The first-order valence-corrected chi connectivity index (χ1v) is 20.4. The monoisotopic (exact) mass is 803 g/mol. The summed E-state index contributed by atoms with van der Waals surface area (Å²) in [5.41, 5.74) is 12.6. The first-order valence-electron chi connectivity index (χ1n) is 20.4. The van der Waals surface area contributed by atoms with E-state index in [0.717, 1.165) is 26.2 Å². The molecule has 1 heterocycles. The molecule has 0 unspecified atom stereocenters. The predicted octanol–water partition coefficient (Wildman–Crippen LogP) is 4.95. The van der Waals surface area contributed by atoms with Gasteiger partial charge < -0.3 is 53.0 Å². The van der Waals surface area contributed by atoms with E-state index in [4.69, 9.17) is 26.8 Å². The second-order valence-corrected chi connectivity index (χ2v) is 13.1. The standard InChI is InChI=1S/C8H19N.C7H10N2.C7H9N.C6H15NO3.C6H15N.C4H11N.C3H9N.C2H7N.H3N/c1-6-9(7(2)3)8(4)5;1-9(2)7-3-5-8-6-4-7;8-6-7-4-2-1-3-5-7;8-4-1-7(2-5-9)3-6-10;1-4-7(5-2)6-3;1-3-5-4-2;1-4(2)3;1-2-3;/h7-8H,6H2,1-5H3;3-6H,1-2H3;1-5H,6,8H2;8-10H,1-6H2;4-6H2,1-3H3;5H,3-4H2,1-2H3;1-3H3;2-3H2,1H3;1H3. The van der Waals surface area contributed by atoms with E-state index in [1.165, 1.54) is 30.9 Å². The van der Waals surface area contributed by atoms with Gasteiger partial charge in [0.2, 0.25) is 0 Å². The predicted molar refractivity (Wildman–Crippen MR) is 250 cm³/mol. The van der Waals surface area contributed by atoms with Crippen molar-refractivity contribution in [3.63, 3.8) is 0 Å². The van der Waals surface area contributed by atoms with Crippen molar-refractivity contribution >= 4 is 5.69 Å². The Morgan fingerprint density at radius 3 is 1.11 bits per heavy atom. The number of hydrogen-bond donors (Lipinski definition) is 7. The zero-order valence-corrected chi connectivity index (χ0v) is 39.6. The lowest BCUT2D eigenvalue weighted by Gasteiger charge is -2.28. The van der Waals surface area contributed by atoms with Crippen LogP contribution in [0.4, 0.5) is 5.69 Å². The number of aliphatic hydroxyl groups excluding tert-OH is 3. The average Bonchev–Trinajstić information content (AvgIpc) is 3.15. The molecular weight excluding hydrogens is 705 g/mol. The first kappa shape index (κ1) is 68.4. The summed E-state index contributed by atoms with van der Waals surface area (Å²) < 4.78 is 0. The van der Waals surface area contributed by atoms with Gasteiger partial charge in [-0.15, -0.1) is 0 Å². The van der Waals surface area contributed by atoms with Gasteiger partial charge in [0.05, 0.1) is 19.8 Å². The van der Waals surface area contributed by atoms with Gasteiger partial charge >= 0.3 is 0 Å². The Labute approximate surface area is 348 Å². The van der Waals surface area contributed by atoms with Crippen LogP contribution in [0.3, 0.4) is 0 Å². The molecule has 2 rings (SSSR count). The molecule has 0 bridgehead atoms. The van der Waals surface area contributed by atoms with Gasteiger partial charge in [-0.05, 0) is 112 Å². The molecular formula is C43H98N10O3. The van der Waals surface area contributed by atoms with Gasteiger partial charge in [0.15, 0.2) is 0 Å². The van der Waals surface area contributed by atoms with Gasteiger partial charge in [-0.25, -0.2) is 0 Å². The van der Waals surface area contributed by atoms with Crippen LogP contribution in [0.2, 0.25) is 0 Å². The van der Waals surface area contributed by atoms with E-state index in [1.807, 2.05) is 94.4 Å². The molecule has 11 N–H and O–H groups in total. The first-order chi connectivity index (χ1) is 26.1. The molecule has 1 aromatic carbocycles. The number of nitrogens with two attached hydrogens (primary N) is 2. The van der Waals surface area contributed by atoms with Gasteiger partial charge in [0.25, 0.3) is 0 Å². The molecule has 0 fully saturated rings. The third-order valence-corrected chi connectivity index (χ3v) is 7.04. The Morgan fingerprint density at radius 2 is 0.964 bits per heavy atom. The zero-order chi connectivity index (χ0) is 43.9. The highest BCUT2D eigenvalue weighted by Gasteiger charge is 2.09. The fourth-order valence-electron chi connectivity index (χ4n) is 4.26. The number of benzene rings is 1. The molecule has 0 radical (unpaired) electrons. The number of hydrogen-bond acceptors (Lipinski definition) is 13. The summed E-state index contributed by atoms with van der Waals surface area (Å²) in [6.45, 7) is 33.9. The largest absolute Gasteiger partial charge is 0.395 e. The number of rotatable bonds is 16.